The fraction of sp³-hybridized carbons (Fsp3) is 0.333. The highest BCUT2D eigenvalue weighted by Crippen LogP contribution is 2.72. The van der Waals surface area contributed by atoms with Crippen LogP contribution >= 0.6 is 0 Å². The largest absolute Gasteiger partial charge is 0.309 e. The third-order valence-corrected chi connectivity index (χ3v) is 15.3. The Morgan fingerprint density at radius 2 is 1.02 bits per heavy atom. The van der Waals surface area contributed by atoms with E-state index in [2.05, 4.69) is 172 Å². The summed E-state index contributed by atoms with van der Waals surface area (Å²) in [5.74, 6) is 3.11. The average Bonchev–Trinajstić information content (AvgIpc) is 3.50. The lowest BCUT2D eigenvalue weighted by Gasteiger charge is -2.61. The molecule has 0 saturated heterocycles. The fourth-order valence-electron chi connectivity index (χ4n) is 13.0. The summed E-state index contributed by atoms with van der Waals surface area (Å²) in [6.45, 7) is 9.81. The van der Waals surface area contributed by atoms with E-state index in [0.29, 0.717) is 11.8 Å². The van der Waals surface area contributed by atoms with Crippen molar-refractivity contribution in [3.05, 3.63) is 162 Å². The van der Waals surface area contributed by atoms with Gasteiger partial charge in [-0.25, -0.2) is 0 Å². The van der Waals surface area contributed by atoms with E-state index in [-0.39, 0.29) is 16.2 Å². The molecule has 4 bridgehead atoms. The first-order chi connectivity index (χ1) is 26.7. The molecule has 4 saturated carbocycles. The number of fused-ring (bicyclic) bond motifs is 4. The van der Waals surface area contributed by atoms with Crippen LogP contribution in [0.3, 0.4) is 0 Å². The second-order valence-corrected chi connectivity index (χ2v) is 19.2. The van der Waals surface area contributed by atoms with Gasteiger partial charge in [-0.05, 0) is 154 Å². The van der Waals surface area contributed by atoms with Gasteiger partial charge in [-0.2, -0.15) is 0 Å². The minimum atomic E-state index is 0.0126. The minimum absolute atomic E-state index is 0.0126. The first-order valence-electron chi connectivity index (χ1n) is 21.2. The van der Waals surface area contributed by atoms with E-state index in [9.17, 15) is 0 Å². The van der Waals surface area contributed by atoms with Gasteiger partial charge in [0, 0.05) is 27.9 Å². The van der Waals surface area contributed by atoms with Gasteiger partial charge in [0.05, 0.1) is 5.69 Å². The van der Waals surface area contributed by atoms with Crippen LogP contribution in [0.1, 0.15) is 94.9 Å². The highest BCUT2D eigenvalue weighted by Gasteiger charge is 2.62. The van der Waals surface area contributed by atoms with Gasteiger partial charge in [-0.3, -0.25) is 0 Å². The zero-order valence-electron chi connectivity index (χ0n) is 33.0. The van der Waals surface area contributed by atoms with E-state index >= 15 is 0 Å². The van der Waals surface area contributed by atoms with Gasteiger partial charge in [0.1, 0.15) is 0 Å². The van der Waals surface area contributed by atoms with Crippen molar-refractivity contribution in [1.29, 1.82) is 0 Å². The summed E-state index contributed by atoms with van der Waals surface area (Å²) in [5, 5.41) is 0. The minimum Gasteiger partial charge on any atom is -0.309 e. The molecule has 0 unspecified atom stereocenters. The van der Waals surface area contributed by atoms with Crippen LogP contribution in [0.15, 0.2) is 140 Å². The zero-order chi connectivity index (χ0) is 37.1. The summed E-state index contributed by atoms with van der Waals surface area (Å²) < 4.78 is 0. The molecule has 0 aromatic heterocycles. The van der Waals surface area contributed by atoms with Crippen molar-refractivity contribution < 1.29 is 0 Å². The molecule has 274 valence electrons. The molecular formula is C54H53N. The molecule has 4 fully saturated rings. The predicted molar refractivity (Wildman–Crippen MR) is 231 cm³/mol. The molecule has 0 aliphatic heterocycles. The Labute approximate surface area is 328 Å². The fourth-order valence-corrected chi connectivity index (χ4v) is 13.0. The Morgan fingerprint density at radius 3 is 1.67 bits per heavy atom. The second kappa shape index (κ2) is 12.1. The third kappa shape index (κ3) is 4.84. The van der Waals surface area contributed by atoms with Crippen molar-refractivity contribution in [2.24, 2.45) is 23.7 Å². The first-order valence-corrected chi connectivity index (χ1v) is 21.2. The Kier molecular flexibility index (Phi) is 7.34. The van der Waals surface area contributed by atoms with Gasteiger partial charge in [0.15, 0.2) is 0 Å². The molecule has 0 amide bonds. The summed E-state index contributed by atoms with van der Waals surface area (Å²) in [4.78, 5) is 2.66. The molecule has 1 spiro atoms. The number of para-hydroxylation sites is 1. The van der Waals surface area contributed by atoms with Crippen LogP contribution in [0, 0.1) is 23.7 Å². The lowest BCUT2D eigenvalue weighted by molar-refractivity contribution is -0.0397. The molecule has 12 rings (SSSR count). The summed E-state index contributed by atoms with van der Waals surface area (Å²) >= 11 is 0. The molecule has 0 heterocycles. The predicted octanol–water partition coefficient (Wildman–Crippen LogP) is 14.6. The van der Waals surface area contributed by atoms with Crippen molar-refractivity contribution in [1.82, 2.24) is 0 Å². The zero-order valence-corrected chi connectivity index (χ0v) is 33.0. The molecule has 6 aromatic carbocycles. The number of nitrogens with zero attached hydrogens (tertiary/aromatic N) is 1. The Hall–Kier alpha value is -4.88. The van der Waals surface area contributed by atoms with Gasteiger partial charge in [-0.1, -0.05) is 137 Å². The maximum Gasteiger partial charge on any atom is 0.0621 e. The quantitative estimate of drug-likeness (QED) is 0.172. The lowest BCUT2D eigenvalue weighted by atomic mass is 9.42. The Bertz CT molecular complexity index is 2410. The standard InChI is InChI=1S/C54H53N/c1-52(2)26-27-53(3,4)48-33-42(24-25-47(48)52)55(41-20-12-7-13-21-41)51-44(37-16-8-5-9-17-37)34-45-43-22-14-15-23-46(43)54(50(45)49(51)38-18-10-6-11-19-38)39-29-35-28-36(31-39)32-40(54)30-35/h5-25,33-36,39-40H,26-32H2,1-4H3. The molecular weight excluding hydrogens is 663 g/mol. The number of benzene rings is 6. The molecule has 6 aromatic rings. The molecule has 0 atom stereocenters. The number of hydrogen-bond acceptors (Lipinski definition) is 1. The highest BCUT2D eigenvalue weighted by molar-refractivity contribution is 6.05. The monoisotopic (exact) mass is 715 g/mol. The molecule has 1 heteroatoms. The van der Waals surface area contributed by atoms with Gasteiger partial charge < -0.3 is 4.90 Å². The summed E-state index contributed by atoms with van der Waals surface area (Å²) in [7, 11) is 0. The molecule has 1 nitrogen and oxygen atoms in total. The van der Waals surface area contributed by atoms with Gasteiger partial charge >= 0.3 is 0 Å². The van der Waals surface area contributed by atoms with Gasteiger partial charge in [-0.15, -0.1) is 0 Å². The number of hydrogen-bond donors (Lipinski definition) is 0. The van der Waals surface area contributed by atoms with Gasteiger partial charge in [0.2, 0.25) is 0 Å². The summed E-state index contributed by atoms with van der Waals surface area (Å²) in [6.07, 6.45) is 9.31. The topological polar surface area (TPSA) is 3.24 Å². The first kappa shape index (κ1) is 33.5. The second-order valence-electron chi connectivity index (χ2n) is 19.2. The van der Waals surface area contributed by atoms with Gasteiger partial charge in [0.25, 0.3) is 0 Å². The van der Waals surface area contributed by atoms with Crippen LogP contribution in [0.25, 0.3) is 33.4 Å². The molecule has 6 aliphatic rings. The van der Waals surface area contributed by atoms with Crippen LogP contribution in [0.2, 0.25) is 0 Å². The number of rotatable bonds is 5. The van der Waals surface area contributed by atoms with Crippen LogP contribution in [-0.4, -0.2) is 0 Å². The van der Waals surface area contributed by atoms with E-state index in [1.54, 1.807) is 11.1 Å². The van der Waals surface area contributed by atoms with E-state index in [1.165, 1.54) is 107 Å². The van der Waals surface area contributed by atoms with E-state index < -0.39 is 0 Å². The molecule has 0 N–H and O–H groups in total. The molecule has 0 radical (unpaired) electrons. The average molecular weight is 716 g/mol. The van der Waals surface area contributed by atoms with Crippen LogP contribution in [0.5, 0.6) is 0 Å². The highest BCUT2D eigenvalue weighted by atomic mass is 15.1. The van der Waals surface area contributed by atoms with Crippen molar-refractivity contribution >= 4 is 17.1 Å². The normalized spacial score (nSPS) is 26.0. The third-order valence-electron chi connectivity index (χ3n) is 15.3. The Balaban J connectivity index is 1.30. The van der Waals surface area contributed by atoms with E-state index in [0.717, 1.165) is 11.8 Å². The molecule has 55 heavy (non-hydrogen) atoms. The van der Waals surface area contributed by atoms with Crippen LogP contribution in [-0.2, 0) is 16.2 Å². The Morgan fingerprint density at radius 1 is 0.455 bits per heavy atom. The van der Waals surface area contributed by atoms with Crippen molar-refractivity contribution in [2.75, 3.05) is 4.90 Å². The molecule has 6 aliphatic carbocycles. The SMILES string of the molecule is CC1(C)CCC(C)(C)c2cc(N(c3ccccc3)c3c(-c4ccccc4)cc4c(c3-c3ccccc3)C3(c5ccccc5-4)C4CC5CC(C4)CC3C5)ccc21. The van der Waals surface area contributed by atoms with Crippen LogP contribution < -0.4 is 4.90 Å². The van der Waals surface area contributed by atoms with Crippen molar-refractivity contribution in [3.63, 3.8) is 0 Å². The number of anilines is 3. The van der Waals surface area contributed by atoms with Crippen molar-refractivity contribution in [2.45, 2.75) is 88.9 Å². The maximum absolute atomic E-state index is 2.66. The summed E-state index contributed by atoms with van der Waals surface area (Å²) in [6, 6.07) is 53.8. The lowest BCUT2D eigenvalue weighted by Crippen LogP contribution is -2.55. The maximum atomic E-state index is 2.66. The summed E-state index contributed by atoms with van der Waals surface area (Å²) in [5.41, 5.74) is 18.5. The van der Waals surface area contributed by atoms with E-state index in [1.807, 2.05) is 0 Å². The van der Waals surface area contributed by atoms with E-state index in [4.69, 9.17) is 0 Å². The smallest absolute Gasteiger partial charge is 0.0621 e. The van der Waals surface area contributed by atoms with Crippen LogP contribution in [0.4, 0.5) is 17.1 Å². The van der Waals surface area contributed by atoms with Crippen molar-refractivity contribution in [3.8, 4) is 33.4 Å².